The minimum Gasteiger partial charge on any atom is -0.294 e. The number of hydrogen-bond acceptors (Lipinski definition) is 4. The molecule has 2 nitrogen and oxygen atoms in total. The fourth-order valence-electron chi connectivity index (χ4n) is 1.43. The molecule has 2 aliphatic carbocycles. The molecule has 2 heterocycles. The van der Waals surface area contributed by atoms with Crippen LogP contribution in [0, 0.1) is 23.2 Å². The van der Waals surface area contributed by atoms with Crippen LogP contribution in [0.15, 0.2) is 39.7 Å². The molecule has 4 rings (SSSR count). The predicted molar refractivity (Wildman–Crippen MR) is 91.3 cm³/mol. The van der Waals surface area contributed by atoms with Crippen molar-refractivity contribution in [3.8, 4) is 6.07 Å². The van der Waals surface area contributed by atoms with E-state index in [2.05, 4.69) is 6.07 Å². The van der Waals surface area contributed by atoms with Gasteiger partial charge in [-0.1, -0.05) is 12.1 Å². The van der Waals surface area contributed by atoms with Gasteiger partial charge in [-0.15, -0.1) is 12.4 Å². The summed E-state index contributed by atoms with van der Waals surface area (Å²) in [6.07, 6.45) is 4.51. The van der Waals surface area contributed by atoms with Crippen LogP contribution in [-0.2, 0) is 0 Å². The van der Waals surface area contributed by atoms with Gasteiger partial charge in [-0.3, -0.25) is 4.79 Å². The Balaban J connectivity index is 0.000000171. The number of nitriles is 1. The summed E-state index contributed by atoms with van der Waals surface area (Å²) in [4.78, 5) is 11.3. The predicted octanol–water partition coefficient (Wildman–Crippen LogP) is 5.43. The minimum absolute atomic E-state index is 0. The highest BCUT2D eigenvalue weighted by Crippen LogP contribution is 2.32. The largest absolute Gasteiger partial charge is 0.294 e. The highest BCUT2D eigenvalue weighted by molar-refractivity contribution is 7.08. The number of Topliss-reactive ketones (excluding diaryl/α,β-unsaturated/α-hetero) is 1. The number of hydrogen-bond donors (Lipinski definition) is 0. The second kappa shape index (κ2) is 9.73. The summed E-state index contributed by atoms with van der Waals surface area (Å²) in [6.45, 7) is 0. The van der Waals surface area contributed by atoms with E-state index in [9.17, 15) is 4.79 Å². The van der Waals surface area contributed by atoms with Crippen molar-refractivity contribution in [2.75, 3.05) is 0 Å². The summed E-state index contributed by atoms with van der Waals surface area (Å²) in [5.41, 5.74) is 0.910. The Morgan fingerprint density at radius 3 is 2.05 bits per heavy atom. The molecule has 0 aromatic carbocycles. The summed E-state index contributed by atoms with van der Waals surface area (Å²) < 4.78 is 0. The maximum atomic E-state index is 11.3. The molecule has 2 aromatic rings. The van der Waals surface area contributed by atoms with Gasteiger partial charge in [0, 0.05) is 22.8 Å². The van der Waals surface area contributed by atoms with Gasteiger partial charge in [0.2, 0.25) is 0 Å². The summed E-state index contributed by atoms with van der Waals surface area (Å²) >= 11 is 3.31. The molecule has 0 N–H and O–H groups in total. The molecule has 2 aliphatic rings. The molecule has 0 atom stereocenters. The maximum Gasteiger partial charge on any atom is 0.166 e. The number of nitrogens with zero attached hydrogens (tertiary/aromatic N) is 1. The van der Waals surface area contributed by atoms with Crippen LogP contribution in [0.1, 0.15) is 36.0 Å². The molecule has 0 radical (unpaired) electrons. The van der Waals surface area contributed by atoms with E-state index in [4.69, 9.17) is 5.26 Å². The average Bonchev–Trinajstić information content (AvgIpc) is 3.38. The van der Waals surface area contributed by atoms with Crippen LogP contribution in [0.2, 0.25) is 0 Å². The third-order valence-corrected chi connectivity index (χ3v) is 4.25. The van der Waals surface area contributed by atoms with Gasteiger partial charge in [0.25, 0.3) is 0 Å². The Morgan fingerprint density at radius 2 is 1.76 bits per heavy atom. The van der Waals surface area contributed by atoms with Gasteiger partial charge in [-0.05, 0) is 47.9 Å². The van der Waals surface area contributed by atoms with Gasteiger partial charge in [0.1, 0.15) is 0 Å². The van der Waals surface area contributed by atoms with Crippen molar-refractivity contribution in [3.05, 3.63) is 45.3 Å². The van der Waals surface area contributed by atoms with Crippen LogP contribution >= 0.6 is 35.1 Å². The van der Waals surface area contributed by atoms with Gasteiger partial charge >= 0.3 is 0 Å². The number of carbonyl (C=O) groups excluding carboxylic acids is 1. The van der Waals surface area contributed by atoms with Crippen LogP contribution in [0.4, 0.5) is 0 Å². The van der Waals surface area contributed by atoms with Crippen molar-refractivity contribution < 1.29 is 4.79 Å². The normalized spacial score (nSPS) is 15.2. The van der Waals surface area contributed by atoms with Crippen LogP contribution in [0.25, 0.3) is 0 Å². The van der Waals surface area contributed by atoms with Gasteiger partial charge in [0.15, 0.2) is 5.78 Å². The second-order valence-electron chi connectivity index (χ2n) is 4.85. The molecule has 2 saturated carbocycles. The molecule has 21 heavy (non-hydrogen) atoms. The molecule has 0 saturated heterocycles. The first-order valence-corrected chi connectivity index (χ1v) is 8.63. The summed E-state index contributed by atoms with van der Waals surface area (Å²) in [5.74, 6) is 1.16. The molecule has 2 aromatic heterocycles. The lowest BCUT2D eigenvalue weighted by molar-refractivity contribution is 0.0968. The van der Waals surface area contributed by atoms with E-state index in [0.717, 1.165) is 31.2 Å². The highest BCUT2D eigenvalue weighted by atomic mass is 35.5. The molecular weight excluding hydrogens is 322 g/mol. The lowest BCUT2D eigenvalue weighted by atomic mass is 10.1. The first-order chi connectivity index (χ1) is 9.81. The lowest BCUT2D eigenvalue weighted by Crippen LogP contribution is -1.97. The number of ketones is 1. The first kappa shape index (κ1) is 17.9. The van der Waals surface area contributed by atoms with Crippen LogP contribution in [-0.4, -0.2) is 5.78 Å². The number of rotatable bonds is 2. The van der Waals surface area contributed by atoms with Crippen LogP contribution in [0.3, 0.4) is 0 Å². The highest BCUT2D eigenvalue weighted by Gasteiger charge is 2.30. The Morgan fingerprint density at radius 1 is 1.10 bits per heavy atom. The molecule has 0 aliphatic heterocycles. The topological polar surface area (TPSA) is 40.9 Å². The zero-order valence-electron chi connectivity index (χ0n) is 11.6. The quantitative estimate of drug-likeness (QED) is 0.684. The summed E-state index contributed by atoms with van der Waals surface area (Å²) in [6, 6.07) is 8.08. The van der Waals surface area contributed by atoms with Crippen molar-refractivity contribution in [2.45, 2.75) is 25.7 Å². The zero-order valence-corrected chi connectivity index (χ0v) is 14.1. The average molecular weight is 340 g/mol. The van der Waals surface area contributed by atoms with Crippen molar-refractivity contribution in [2.24, 2.45) is 11.8 Å². The smallest absolute Gasteiger partial charge is 0.166 e. The number of halogens is 1. The number of carbonyl (C=O) groups is 1. The third kappa shape index (κ3) is 7.42. The SMILES string of the molecule is Cl.N#CC1CC1.O=C(c1ccsc1)C1CC1.c1ccsc1. The second-order valence-corrected chi connectivity index (χ2v) is 6.44. The third-order valence-electron chi connectivity index (χ3n) is 2.94. The minimum atomic E-state index is 0. The zero-order chi connectivity index (χ0) is 14.2. The van der Waals surface area contributed by atoms with E-state index in [1.807, 2.05) is 39.7 Å². The molecule has 5 heteroatoms. The van der Waals surface area contributed by atoms with Gasteiger partial charge < -0.3 is 0 Å². The van der Waals surface area contributed by atoms with E-state index < -0.39 is 0 Å². The molecule has 112 valence electrons. The number of thiophene rings is 2. The van der Waals surface area contributed by atoms with Crippen molar-refractivity contribution >= 4 is 40.9 Å². The Bertz CT molecular complexity index is 520. The Kier molecular flexibility index (Phi) is 8.29. The van der Waals surface area contributed by atoms with Crippen LogP contribution < -0.4 is 0 Å². The molecular formula is C16H18ClNOS2. The molecule has 0 spiro atoms. The van der Waals surface area contributed by atoms with Gasteiger partial charge in [0.05, 0.1) is 6.07 Å². The maximum absolute atomic E-state index is 11.3. The molecule has 0 bridgehead atoms. The lowest BCUT2D eigenvalue weighted by Gasteiger charge is -1.89. The van der Waals surface area contributed by atoms with Gasteiger partial charge in [-0.25, -0.2) is 0 Å². The van der Waals surface area contributed by atoms with E-state index >= 15 is 0 Å². The molecule has 0 amide bonds. The molecule has 0 unspecified atom stereocenters. The van der Waals surface area contributed by atoms with Crippen molar-refractivity contribution in [3.63, 3.8) is 0 Å². The summed E-state index contributed by atoms with van der Waals surface area (Å²) in [5, 5.41) is 15.9. The molecule has 2 fully saturated rings. The summed E-state index contributed by atoms with van der Waals surface area (Å²) in [7, 11) is 0. The Labute approximate surface area is 139 Å². The van der Waals surface area contributed by atoms with E-state index in [1.165, 1.54) is 0 Å². The monoisotopic (exact) mass is 339 g/mol. The van der Waals surface area contributed by atoms with Crippen LogP contribution in [0.5, 0.6) is 0 Å². The van der Waals surface area contributed by atoms with Crippen molar-refractivity contribution in [1.29, 1.82) is 5.26 Å². The van der Waals surface area contributed by atoms with Crippen molar-refractivity contribution in [1.82, 2.24) is 0 Å². The Hall–Kier alpha value is -1.15. The fourth-order valence-corrected chi connectivity index (χ4v) is 2.52. The van der Waals surface area contributed by atoms with Gasteiger partial charge in [-0.2, -0.15) is 27.9 Å². The standard InChI is InChI=1S/C8H8OS.C4H5N.C4H4S.ClH/c9-8(6-1-2-6)7-3-4-10-5-7;5-3-4-1-2-4;1-2-4-5-3-1;/h3-6H,1-2H2;4H,1-2H2;1-4H;1H. The van der Waals surface area contributed by atoms with E-state index in [-0.39, 0.29) is 12.4 Å². The fraction of sp³-hybridized carbons (Fsp3) is 0.375. The first-order valence-electron chi connectivity index (χ1n) is 6.74. The van der Waals surface area contributed by atoms with E-state index in [0.29, 0.717) is 17.6 Å². The van der Waals surface area contributed by atoms with E-state index in [1.54, 1.807) is 22.7 Å².